The largest absolute Gasteiger partial charge is 0.491 e. The van der Waals surface area contributed by atoms with Crippen molar-refractivity contribution in [2.45, 2.75) is 63.5 Å². The van der Waals surface area contributed by atoms with Crippen LogP contribution in [0.3, 0.4) is 0 Å². The number of anilines is 3. The van der Waals surface area contributed by atoms with Gasteiger partial charge in [-0.25, -0.2) is 0 Å². The highest BCUT2D eigenvalue weighted by molar-refractivity contribution is 5.98. The number of fused-ring (bicyclic) bond motifs is 2. The predicted molar refractivity (Wildman–Crippen MR) is 155 cm³/mol. The van der Waals surface area contributed by atoms with Crippen molar-refractivity contribution in [1.29, 1.82) is 0 Å². The molecular formula is C30H39N7O3. The lowest BCUT2D eigenvalue weighted by Gasteiger charge is -2.40. The second kappa shape index (κ2) is 11.2. The van der Waals surface area contributed by atoms with Crippen LogP contribution in [0.25, 0.3) is 11.0 Å². The Hall–Kier alpha value is -3.37. The van der Waals surface area contributed by atoms with Gasteiger partial charge in [0, 0.05) is 62.0 Å². The predicted octanol–water partition coefficient (Wildman–Crippen LogP) is 4.32. The molecule has 0 bridgehead atoms. The molecule has 5 heterocycles. The van der Waals surface area contributed by atoms with Crippen molar-refractivity contribution in [2.75, 3.05) is 56.6 Å². The molecule has 2 aromatic heterocycles. The standard InChI is InChI=1S/C30H39N7O3/c38-29(37-13-9-21(10-14-37)36-15-18-39-19-16-36)23-6-7-25(26-22(23)11-17-40-26)33-30-34-27-24(8-12-31-27)28(35-30)32-20-4-2-1-3-5-20/h6-8,12,20-21H,1-5,9-11,13-19H2,(H3,31,32,33,34,35). The molecule has 1 amide bonds. The number of ether oxygens (including phenoxy) is 2. The van der Waals surface area contributed by atoms with Crippen LogP contribution in [-0.2, 0) is 11.2 Å². The first kappa shape index (κ1) is 25.6. The molecule has 0 spiro atoms. The van der Waals surface area contributed by atoms with Gasteiger partial charge in [-0.2, -0.15) is 9.97 Å². The van der Waals surface area contributed by atoms with E-state index in [0.29, 0.717) is 24.6 Å². The Morgan fingerprint density at radius 2 is 1.77 bits per heavy atom. The summed E-state index contributed by atoms with van der Waals surface area (Å²) in [4.78, 5) is 31.0. The van der Waals surface area contributed by atoms with Gasteiger partial charge in [-0.15, -0.1) is 0 Å². The molecule has 10 nitrogen and oxygen atoms in total. The Labute approximate surface area is 234 Å². The van der Waals surface area contributed by atoms with Crippen LogP contribution in [0.5, 0.6) is 5.75 Å². The smallest absolute Gasteiger partial charge is 0.254 e. The van der Waals surface area contributed by atoms with Crippen LogP contribution >= 0.6 is 0 Å². The van der Waals surface area contributed by atoms with Crippen LogP contribution in [0.2, 0.25) is 0 Å². The molecule has 1 aliphatic carbocycles. The highest BCUT2D eigenvalue weighted by Crippen LogP contribution is 2.38. The van der Waals surface area contributed by atoms with E-state index in [1.807, 2.05) is 29.3 Å². The zero-order chi connectivity index (χ0) is 26.9. The fourth-order valence-corrected chi connectivity index (χ4v) is 6.81. The molecular weight excluding hydrogens is 506 g/mol. The first-order valence-corrected chi connectivity index (χ1v) is 15.0. The summed E-state index contributed by atoms with van der Waals surface area (Å²) in [7, 11) is 0. The zero-order valence-corrected chi connectivity index (χ0v) is 23.1. The monoisotopic (exact) mass is 545 g/mol. The van der Waals surface area contributed by atoms with Gasteiger partial charge < -0.3 is 30.0 Å². The van der Waals surface area contributed by atoms with Crippen molar-refractivity contribution in [3.05, 3.63) is 35.5 Å². The van der Waals surface area contributed by atoms with E-state index in [-0.39, 0.29) is 5.91 Å². The SMILES string of the molecule is O=C(c1ccc(Nc2nc(NC3CCCCC3)c3cc[nH]c3n2)c2c1CCO2)N1CCC(N2CCOCC2)CC1. The summed E-state index contributed by atoms with van der Waals surface area (Å²) in [6, 6.07) is 6.89. The van der Waals surface area contributed by atoms with Crippen molar-refractivity contribution in [3.63, 3.8) is 0 Å². The average molecular weight is 546 g/mol. The molecule has 3 aliphatic heterocycles. The van der Waals surface area contributed by atoms with Crippen LogP contribution in [0.15, 0.2) is 24.4 Å². The van der Waals surface area contributed by atoms with E-state index < -0.39 is 0 Å². The van der Waals surface area contributed by atoms with Crippen molar-refractivity contribution >= 4 is 34.4 Å². The fourth-order valence-electron chi connectivity index (χ4n) is 6.81. The van der Waals surface area contributed by atoms with Crippen LogP contribution in [-0.4, -0.2) is 88.7 Å². The van der Waals surface area contributed by atoms with Gasteiger partial charge >= 0.3 is 0 Å². The number of nitrogens with one attached hydrogen (secondary N) is 3. The molecule has 0 atom stereocenters. The molecule has 3 aromatic rings. The van der Waals surface area contributed by atoms with Gasteiger partial charge in [-0.1, -0.05) is 19.3 Å². The minimum atomic E-state index is 0.108. The van der Waals surface area contributed by atoms with Crippen molar-refractivity contribution in [3.8, 4) is 5.75 Å². The maximum absolute atomic E-state index is 13.6. The molecule has 212 valence electrons. The third-order valence-electron chi connectivity index (χ3n) is 9.01. The summed E-state index contributed by atoms with van der Waals surface area (Å²) < 4.78 is 11.6. The Morgan fingerprint density at radius 3 is 2.60 bits per heavy atom. The molecule has 10 heteroatoms. The van der Waals surface area contributed by atoms with Gasteiger partial charge in [0.25, 0.3) is 5.91 Å². The summed E-state index contributed by atoms with van der Waals surface area (Å²) in [6.45, 7) is 5.77. The summed E-state index contributed by atoms with van der Waals surface area (Å²) in [5.74, 6) is 2.21. The number of morpholine rings is 1. The summed E-state index contributed by atoms with van der Waals surface area (Å²) in [5.41, 5.74) is 3.32. The zero-order valence-electron chi connectivity index (χ0n) is 23.1. The van der Waals surface area contributed by atoms with E-state index in [1.165, 1.54) is 32.1 Å². The number of amides is 1. The number of H-pyrrole nitrogens is 1. The highest BCUT2D eigenvalue weighted by atomic mass is 16.5. The maximum atomic E-state index is 13.6. The lowest BCUT2D eigenvalue weighted by molar-refractivity contribution is 0.00158. The van der Waals surface area contributed by atoms with E-state index in [1.54, 1.807) is 0 Å². The third-order valence-corrected chi connectivity index (χ3v) is 9.01. The van der Waals surface area contributed by atoms with Gasteiger partial charge in [-0.05, 0) is 43.9 Å². The molecule has 3 N–H and O–H groups in total. The van der Waals surface area contributed by atoms with Crippen LogP contribution in [0.4, 0.5) is 17.5 Å². The van der Waals surface area contributed by atoms with E-state index in [2.05, 4.69) is 20.5 Å². The van der Waals surface area contributed by atoms with Crippen LogP contribution in [0, 0.1) is 0 Å². The van der Waals surface area contributed by atoms with Gasteiger partial charge in [-0.3, -0.25) is 9.69 Å². The first-order valence-electron chi connectivity index (χ1n) is 15.0. The Bertz CT molecular complexity index is 1350. The van der Waals surface area contributed by atoms with E-state index in [0.717, 1.165) is 98.1 Å². The molecule has 0 radical (unpaired) electrons. The number of carbonyl (C=O) groups is 1. The number of carbonyl (C=O) groups excluding carboxylic acids is 1. The first-order chi connectivity index (χ1) is 19.7. The maximum Gasteiger partial charge on any atom is 0.254 e. The number of rotatable bonds is 6. The Balaban J connectivity index is 1.08. The van der Waals surface area contributed by atoms with Crippen LogP contribution in [0.1, 0.15) is 60.9 Å². The summed E-state index contributed by atoms with van der Waals surface area (Å²) in [5, 5.41) is 8.07. The molecule has 7 rings (SSSR count). The third kappa shape index (κ3) is 5.10. The van der Waals surface area contributed by atoms with Crippen molar-refractivity contribution < 1.29 is 14.3 Å². The molecule has 2 saturated heterocycles. The number of aromatic nitrogens is 3. The Kier molecular flexibility index (Phi) is 7.20. The molecule has 1 saturated carbocycles. The number of benzene rings is 1. The molecule has 40 heavy (non-hydrogen) atoms. The second-order valence-corrected chi connectivity index (χ2v) is 11.5. The van der Waals surface area contributed by atoms with E-state index in [4.69, 9.17) is 19.4 Å². The van der Waals surface area contributed by atoms with Crippen molar-refractivity contribution in [2.24, 2.45) is 0 Å². The number of likely N-dealkylation sites (tertiary alicyclic amines) is 1. The number of hydrogen-bond acceptors (Lipinski definition) is 8. The quantitative estimate of drug-likeness (QED) is 0.421. The topological polar surface area (TPSA) is 108 Å². The summed E-state index contributed by atoms with van der Waals surface area (Å²) in [6.07, 6.45) is 10.8. The van der Waals surface area contributed by atoms with Gasteiger partial charge in [0.2, 0.25) is 5.95 Å². The minimum Gasteiger partial charge on any atom is -0.491 e. The second-order valence-electron chi connectivity index (χ2n) is 11.5. The normalized spacial score (nSPS) is 20.9. The number of aromatic amines is 1. The van der Waals surface area contributed by atoms with Crippen LogP contribution < -0.4 is 15.4 Å². The van der Waals surface area contributed by atoms with Gasteiger partial charge in [0.05, 0.1) is 30.9 Å². The van der Waals surface area contributed by atoms with Crippen molar-refractivity contribution in [1.82, 2.24) is 24.8 Å². The average Bonchev–Trinajstić information content (AvgIpc) is 3.69. The fraction of sp³-hybridized carbons (Fsp3) is 0.567. The van der Waals surface area contributed by atoms with Gasteiger partial charge in [0.15, 0.2) is 0 Å². The number of nitrogens with zero attached hydrogens (tertiary/aromatic N) is 4. The summed E-state index contributed by atoms with van der Waals surface area (Å²) >= 11 is 0. The molecule has 1 aromatic carbocycles. The number of piperidine rings is 1. The molecule has 4 aliphatic rings. The molecule has 3 fully saturated rings. The molecule has 0 unspecified atom stereocenters. The van der Waals surface area contributed by atoms with Gasteiger partial charge in [0.1, 0.15) is 17.2 Å². The highest BCUT2D eigenvalue weighted by Gasteiger charge is 2.31. The minimum absolute atomic E-state index is 0.108. The lowest BCUT2D eigenvalue weighted by atomic mass is 9.95. The van der Waals surface area contributed by atoms with E-state index in [9.17, 15) is 4.79 Å². The number of hydrogen-bond donors (Lipinski definition) is 3. The Morgan fingerprint density at radius 1 is 0.950 bits per heavy atom. The lowest BCUT2D eigenvalue weighted by Crippen LogP contribution is -2.50. The van der Waals surface area contributed by atoms with E-state index >= 15 is 0 Å².